The number of carbonyl (C=O) groups excluding carboxylic acids is 2. The molecule has 156 valence electrons. The van der Waals surface area contributed by atoms with E-state index in [0.29, 0.717) is 0 Å². The van der Waals surface area contributed by atoms with Gasteiger partial charge in [0, 0.05) is 46.8 Å². The Kier molecular flexibility index (Phi) is 5.87. The summed E-state index contributed by atoms with van der Waals surface area (Å²) in [5.41, 5.74) is -0.266. The van der Waals surface area contributed by atoms with E-state index in [4.69, 9.17) is 0 Å². The van der Waals surface area contributed by atoms with Gasteiger partial charge in [-0.25, -0.2) is 0 Å². The number of hydrogen-bond acceptors (Lipinski definition) is 7. The quantitative estimate of drug-likeness (QED) is 0.402. The summed E-state index contributed by atoms with van der Waals surface area (Å²) in [4.78, 5) is 45.5. The molecule has 0 atom stereocenters. The van der Waals surface area contributed by atoms with Gasteiger partial charge in [-0.3, -0.25) is 29.8 Å². The van der Waals surface area contributed by atoms with Crippen LogP contribution in [-0.2, 0) is 0 Å². The van der Waals surface area contributed by atoms with Gasteiger partial charge in [0.25, 0.3) is 23.2 Å². The first-order chi connectivity index (χ1) is 14.7. The Morgan fingerprint density at radius 3 is 1.52 bits per heavy atom. The molecule has 0 aliphatic rings. The lowest BCUT2D eigenvalue weighted by molar-refractivity contribution is -0.385. The molecule has 0 spiro atoms. The number of aromatic hydroxyl groups is 1. The Balaban J connectivity index is 1.81. The van der Waals surface area contributed by atoms with Gasteiger partial charge in [-0.05, 0) is 30.3 Å². The van der Waals surface area contributed by atoms with Crippen molar-refractivity contribution in [1.29, 1.82) is 0 Å². The van der Waals surface area contributed by atoms with Gasteiger partial charge in [-0.2, -0.15) is 0 Å². The number of non-ortho nitro benzene ring substituents is 2. The van der Waals surface area contributed by atoms with Gasteiger partial charge in [-0.15, -0.1) is 0 Å². The van der Waals surface area contributed by atoms with Crippen LogP contribution in [0.15, 0.2) is 66.7 Å². The van der Waals surface area contributed by atoms with Crippen LogP contribution in [0, 0.1) is 20.2 Å². The van der Waals surface area contributed by atoms with E-state index in [0.717, 1.165) is 24.3 Å². The highest BCUT2D eigenvalue weighted by atomic mass is 16.6. The van der Waals surface area contributed by atoms with Crippen LogP contribution in [0.3, 0.4) is 0 Å². The molecule has 11 nitrogen and oxygen atoms in total. The van der Waals surface area contributed by atoms with Gasteiger partial charge in [0.2, 0.25) is 0 Å². The molecule has 0 aliphatic heterocycles. The Hall–Kier alpha value is -4.80. The fourth-order valence-corrected chi connectivity index (χ4v) is 2.67. The first-order valence-electron chi connectivity index (χ1n) is 8.68. The van der Waals surface area contributed by atoms with E-state index in [2.05, 4.69) is 10.6 Å². The van der Waals surface area contributed by atoms with Gasteiger partial charge in [0.05, 0.1) is 9.85 Å². The van der Waals surface area contributed by atoms with Crippen molar-refractivity contribution in [2.45, 2.75) is 0 Å². The van der Waals surface area contributed by atoms with E-state index >= 15 is 0 Å². The van der Waals surface area contributed by atoms with Crippen LogP contribution >= 0.6 is 0 Å². The standard InChI is InChI=1S/C20H14N4O7/c25-18-8-12(19(26)21-14-3-1-5-16(10-14)23(28)29)7-13(9-18)20(27)22-15-4-2-6-17(11-15)24(30)31/h1-11,25H,(H,21,26)(H,22,27). The predicted molar refractivity (Wildman–Crippen MR) is 110 cm³/mol. The van der Waals surface area contributed by atoms with Gasteiger partial charge in [-0.1, -0.05) is 12.1 Å². The van der Waals surface area contributed by atoms with Crippen molar-refractivity contribution in [3.05, 3.63) is 98.1 Å². The molecule has 0 unspecified atom stereocenters. The number of nitro benzene ring substituents is 2. The molecule has 2 amide bonds. The van der Waals surface area contributed by atoms with Crippen molar-refractivity contribution in [3.63, 3.8) is 0 Å². The van der Waals surface area contributed by atoms with Gasteiger partial charge < -0.3 is 15.7 Å². The highest BCUT2D eigenvalue weighted by Crippen LogP contribution is 2.22. The number of nitro groups is 2. The van der Waals surface area contributed by atoms with Crippen molar-refractivity contribution in [2.24, 2.45) is 0 Å². The molecule has 0 saturated carbocycles. The zero-order valence-electron chi connectivity index (χ0n) is 15.6. The maximum Gasteiger partial charge on any atom is 0.271 e. The lowest BCUT2D eigenvalue weighted by Crippen LogP contribution is -2.15. The summed E-state index contributed by atoms with van der Waals surface area (Å²) in [5.74, 6) is -1.78. The van der Waals surface area contributed by atoms with Crippen molar-refractivity contribution in [1.82, 2.24) is 0 Å². The number of carbonyl (C=O) groups is 2. The van der Waals surface area contributed by atoms with Gasteiger partial charge in [0.15, 0.2) is 0 Å². The molecule has 3 rings (SSSR count). The highest BCUT2D eigenvalue weighted by Gasteiger charge is 2.16. The average molecular weight is 422 g/mol. The summed E-state index contributed by atoms with van der Waals surface area (Å²) in [6.07, 6.45) is 0. The molecule has 3 N–H and O–H groups in total. The highest BCUT2D eigenvalue weighted by molar-refractivity contribution is 6.09. The fourth-order valence-electron chi connectivity index (χ4n) is 2.67. The molecule has 3 aromatic carbocycles. The minimum Gasteiger partial charge on any atom is -0.508 e. The monoisotopic (exact) mass is 422 g/mol. The number of anilines is 2. The zero-order valence-corrected chi connectivity index (χ0v) is 15.6. The van der Waals surface area contributed by atoms with E-state index in [-0.39, 0.29) is 39.6 Å². The van der Waals surface area contributed by atoms with E-state index in [1.807, 2.05) is 0 Å². The predicted octanol–water partition coefficient (Wildman–Crippen LogP) is 3.71. The zero-order chi connectivity index (χ0) is 22.5. The second kappa shape index (κ2) is 8.69. The molecule has 0 heterocycles. The third-order valence-electron chi connectivity index (χ3n) is 4.07. The smallest absolute Gasteiger partial charge is 0.271 e. The van der Waals surface area contributed by atoms with E-state index < -0.39 is 21.7 Å². The molecule has 0 aromatic heterocycles. The molecule has 11 heteroatoms. The topological polar surface area (TPSA) is 165 Å². The van der Waals surface area contributed by atoms with Crippen molar-refractivity contribution < 1.29 is 24.5 Å². The molecule has 0 fully saturated rings. The van der Waals surface area contributed by atoms with Crippen molar-refractivity contribution in [3.8, 4) is 5.75 Å². The summed E-state index contributed by atoms with van der Waals surface area (Å²) in [6.45, 7) is 0. The first kappa shape index (κ1) is 20.9. The maximum absolute atomic E-state index is 12.5. The fraction of sp³-hybridized carbons (Fsp3) is 0. The Bertz CT molecular complexity index is 1120. The summed E-state index contributed by atoms with van der Waals surface area (Å²) < 4.78 is 0. The molecule has 0 radical (unpaired) electrons. The number of phenols is 1. The number of hydrogen-bond donors (Lipinski definition) is 3. The normalized spacial score (nSPS) is 10.2. The second-order valence-electron chi connectivity index (χ2n) is 6.29. The van der Waals surface area contributed by atoms with E-state index in [9.17, 15) is 34.9 Å². The number of phenolic OH excluding ortho intramolecular Hbond substituents is 1. The van der Waals surface area contributed by atoms with Crippen LogP contribution in [0.4, 0.5) is 22.7 Å². The lowest BCUT2D eigenvalue weighted by Gasteiger charge is -2.09. The van der Waals surface area contributed by atoms with Crippen LogP contribution in [0.5, 0.6) is 5.75 Å². The van der Waals surface area contributed by atoms with Crippen LogP contribution in [0.2, 0.25) is 0 Å². The van der Waals surface area contributed by atoms with E-state index in [1.54, 1.807) is 0 Å². The minimum atomic E-state index is -0.708. The summed E-state index contributed by atoms with van der Waals surface area (Å²) in [6, 6.07) is 14.0. The largest absolute Gasteiger partial charge is 0.508 e. The van der Waals surface area contributed by atoms with Crippen LogP contribution in [-0.4, -0.2) is 26.8 Å². The van der Waals surface area contributed by atoms with Gasteiger partial charge in [0.1, 0.15) is 5.75 Å². The lowest BCUT2D eigenvalue weighted by atomic mass is 10.1. The third kappa shape index (κ3) is 5.17. The summed E-state index contributed by atoms with van der Waals surface area (Å²) >= 11 is 0. The molecule has 31 heavy (non-hydrogen) atoms. The van der Waals surface area contributed by atoms with Crippen LogP contribution in [0.1, 0.15) is 20.7 Å². The Morgan fingerprint density at radius 2 is 1.13 bits per heavy atom. The molecule has 0 aliphatic carbocycles. The van der Waals surface area contributed by atoms with Crippen molar-refractivity contribution >= 4 is 34.6 Å². The second-order valence-corrected chi connectivity index (χ2v) is 6.29. The van der Waals surface area contributed by atoms with Gasteiger partial charge >= 0.3 is 0 Å². The molecular formula is C20H14N4O7. The molecular weight excluding hydrogens is 408 g/mol. The summed E-state index contributed by atoms with van der Waals surface area (Å²) in [7, 11) is 0. The Labute approximate surface area is 174 Å². The number of nitrogens with one attached hydrogen (secondary N) is 2. The molecule has 0 saturated heterocycles. The third-order valence-corrected chi connectivity index (χ3v) is 4.07. The molecule has 3 aromatic rings. The number of rotatable bonds is 6. The van der Waals surface area contributed by atoms with E-state index in [1.165, 1.54) is 42.5 Å². The first-order valence-corrected chi connectivity index (χ1v) is 8.68. The molecule has 0 bridgehead atoms. The minimum absolute atomic E-state index is 0.0734. The van der Waals surface area contributed by atoms with Crippen LogP contribution in [0.25, 0.3) is 0 Å². The number of nitrogens with zero attached hydrogens (tertiary/aromatic N) is 2. The van der Waals surface area contributed by atoms with Crippen LogP contribution < -0.4 is 10.6 Å². The Morgan fingerprint density at radius 1 is 0.710 bits per heavy atom. The maximum atomic E-state index is 12.5. The number of benzene rings is 3. The summed E-state index contributed by atoms with van der Waals surface area (Å²) in [5, 5.41) is 36.5. The number of amides is 2. The SMILES string of the molecule is O=C(Nc1cccc([N+](=O)[O-])c1)c1cc(O)cc(C(=O)Nc2cccc([N+](=O)[O-])c2)c1. The average Bonchev–Trinajstić information content (AvgIpc) is 2.73. The van der Waals surface area contributed by atoms with Crippen molar-refractivity contribution in [2.75, 3.05) is 10.6 Å².